The summed E-state index contributed by atoms with van der Waals surface area (Å²) in [4.78, 5) is 31.6. The number of carbonyl (C=O) groups excluding carboxylic acids is 1. The largest absolute Gasteiger partial charge is 0.490 e. The van der Waals surface area contributed by atoms with Crippen molar-refractivity contribution in [3.8, 4) is 11.5 Å². The molecule has 0 amide bonds. The van der Waals surface area contributed by atoms with Crippen molar-refractivity contribution in [1.82, 2.24) is 4.57 Å². The molecule has 4 aromatic rings. The van der Waals surface area contributed by atoms with Crippen LogP contribution in [0.5, 0.6) is 11.5 Å². The number of benzene rings is 2. The monoisotopic (exact) mass is 544 g/mol. The maximum absolute atomic E-state index is 13.5. The van der Waals surface area contributed by atoms with E-state index in [4.69, 9.17) is 23.6 Å². The van der Waals surface area contributed by atoms with Gasteiger partial charge in [0.05, 0.1) is 29.6 Å². The lowest BCUT2D eigenvalue weighted by Gasteiger charge is -2.20. The van der Waals surface area contributed by atoms with Crippen molar-refractivity contribution in [2.24, 2.45) is 4.99 Å². The fourth-order valence-electron chi connectivity index (χ4n) is 4.36. The Labute approximate surface area is 229 Å². The molecule has 2 aromatic heterocycles. The van der Waals surface area contributed by atoms with Crippen LogP contribution in [0.4, 0.5) is 0 Å². The smallest absolute Gasteiger partial charge is 0.338 e. The van der Waals surface area contributed by atoms with Crippen LogP contribution in [-0.2, 0) is 16.1 Å². The molecule has 0 saturated carbocycles. The second kappa shape index (κ2) is 11.6. The van der Waals surface area contributed by atoms with Crippen LogP contribution in [-0.4, -0.2) is 23.8 Å². The maximum atomic E-state index is 13.5. The lowest BCUT2D eigenvalue weighted by Crippen LogP contribution is -2.35. The van der Waals surface area contributed by atoms with E-state index in [-0.39, 0.29) is 17.7 Å². The van der Waals surface area contributed by atoms with Crippen molar-refractivity contribution < 1.29 is 23.4 Å². The Hall–Kier alpha value is -4.37. The fourth-order valence-corrected chi connectivity index (χ4v) is 5.40. The van der Waals surface area contributed by atoms with Gasteiger partial charge in [0.15, 0.2) is 16.3 Å². The van der Waals surface area contributed by atoms with Crippen molar-refractivity contribution in [3.63, 3.8) is 0 Å². The standard InChI is InChI=1S/C30H28N2O6S/c1-4-35-24-16-21(13-14-22(24)38-18-20-10-7-6-8-11-20)17-25-28(33)32-19(3)26(29(34)36-5-2)27(31-30(32)39-25)23-12-9-15-37-23/h6-17,27H,4-5,18H2,1-3H3/b25-17-/t27-/m1/s1. The van der Waals surface area contributed by atoms with Gasteiger partial charge in [-0.2, -0.15) is 0 Å². The summed E-state index contributed by atoms with van der Waals surface area (Å²) in [6.07, 6.45) is 3.32. The molecule has 2 aromatic carbocycles. The number of fused-ring (bicyclic) bond motifs is 1. The molecule has 39 heavy (non-hydrogen) atoms. The van der Waals surface area contributed by atoms with E-state index in [0.717, 1.165) is 11.1 Å². The predicted octanol–water partition coefficient (Wildman–Crippen LogP) is 4.48. The number of esters is 1. The number of carbonyl (C=O) groups is 1. The lowest BCUT2D eigenvalue weighted by atomic mass is 10.0. The maximum Gasteiger partial charge on any atom is 0.338 e. The van der Waals surface area contributed by atoms with Gasteiger partial charge in [-0.05, 0) is 62.2 Å². The minimum Gasteiger partial charge on any atom is -0.490 e. The normalized spacial score (nSPS) is 15.1. The van der Waals surface area contributed by atoms with Gasteiger partial charge in [-0.15, -0.1) is 0 Å². The third kappa shape index (κ3) is 5.44. The summed E-state index contributed by atoms with van der Waals surface area (Å²) in [6, 6.07) is 18.3. The number of rotatable bonds is 9. The number of aromatic nitrogens is 1. The van der Waals surface area contributed by atoms with Crippen LogP contribution in [0.25, 0.3) is 11.8 Å². The molecule has 0 radical (unpaired) electrons. The molecule has 0 N–H and O–H groups in total. The van der Waals surface area contributed by atoms with Crippen LogP contribution < -0.4 is 24.4 Å². The minimum atomic E-state index is -0.699. The SMILES string of the molecule is CCOC(=O)C1=C(C)n2c(s/c(=C\c3ccc(OCc4ccccc4)c(OCC)c3)c2=O)=N[C@@H]1c1ccco1. The zero-order valence-corrected chi connectivity index (χ0v) is 22.7. The Balaban J connectivity index is 1.54. The molecule has 0 aliphatic carbocycles. The van der Waals surface area contributed by atoms with Crippen molar-refractivity contribution >= 4 is 29.1 Å². The van der Waals surface area contributed by atoms with E-state index in [1.165, 1.54) is 22.2 Å². The van der Waals surface area contributed by atoms with E-state index in [1.54, 1.807) is 32.1 Å². The van der Waals surface area contributed by atoms with Crippen LogP contribution in [0.2, 0.25) is 0 Å². The number of ether oxygens (including phenoxy) is 3. The fraction of sp³-hybridized carbons (Fsp3) is 0.233. The third-order valence-electron chi connectivity index (χ3n) is 6.16. The first-order valence-electron chi connectivity index (χ1n) is 12.7. The van der Waals surface area contributed by atoms with Crippen LogP contribution >= 0.6 is 11.3 Å². The summed E-state index contributed by atoms with van der Waals surface area (Å²) in [5.41, 5.74) is 2.31. The quantitative estimate of drug-likeness (QED) is 0.289. The second-order valence-corrected chi connectivity index (χ2v) is 9.72. The minimum absolute atomic E-state index is 0.206. The number of nitrogens with zero attached hydrogens (tertiary/aromatic N) is 2. The highest BCUT2D eigenvalue weighted by Gasteiger charge is 2.32. The molecule has 0 unspecified atom stereocenters. The number of furan rings is 1. The predicted molar refractivity (Wildman–Crippen MR) is 148 cm³/mol. The van der Waals surface area contributed by atoms with Gasteiger partial charge in [-0.1, -0.05) is 47.7 Å². The molecule has 1 aliphatic heterocycles. The van der Waals surface area contributed by atoms with Crippen molar-refractivity contribution in [1.29, 1.82) is 0 Å². The van der Waals surface area contributed by atoms with E-state index in [9.17, 15) is 9.59 Å². The summed E-state index contributed by atoms with van der Waals surface area (Å²) in [6.45, 7) is 6.46. The molecular weight excluding hydrogens is 516 g/mol. The van der Waals surface area contributed by atoms with Gasteiger partial charge in [0.25, 0.3) is 5.56 Å². The Morgan fingerprint density at radius 2 is 1.87 bits per heavy atom. The first-order valence-corrected chi connectivity index (χ1v) is 13.5. The van der Waals surface area contributed by atoms with Gasteiger partial charge in [0, 0.05) is 5.70 Å². The van der Waals surface area contributed by atoms with Gasteiger partial charge >= 0.3 is 5.97 Å². The molecule has 1 atom stereocenters. The van der Waals surface area contributed by atoms with Crippen LogP contribution in [0, 0.1) is 0 Å². The first kappa shape index (κ1) is 26.2. The summed E-state index contributed by atoms with van der Waals surface area (Å²) in [7, 11) is 0. The molecule has 0 spiro atoms. The van der Waals surface area contributed by atoms with E-state index >= 15 is 0 Å². The molecule has 5 rings (SSSR count). The Bertz CT molecular complexity index is 1680. The Kier molecular flexibility index (Phi) is 7.79. The highest BCUT2D eigenvalue weighted by Crippen LogP contribution is 2.33. The molecule has 1 aliphatic rings. The summed E-state index contributed by atoms with van der Waals surface area (Å²) >= 11 is 1.25. The van der Waals surface area contributed by atoms with Gasteiger partial charge in [0.1, 0.15) is 18.4 Å². The van der Waals surface area contributed by atoms with E-state index in [2.05, 4.69) is 0 Å². The number of hydrogen-bond donors (Lipinski definition) is 0. The van der Waals surface area contributed by atoms with Crippen molar-refractivity contribution in [3.05, 3.63) is 109 Å². The summed E-state index contributed by atoms with van der Waals surface area (Å²) < 4.78 is 24.6. The lowest BCUT2D eigenvalue weighted by molar-refractivity contribution is -0.138. The van der Waals surface area contributed by atoms with Gasteiger partial charge in [-0.3, -0.25) is 9.36 Å². The molecule has 0 fully saturated rings. The molecule has 9 heteroatoms. The zero-order valence-electron chi connectivity index (χ0n) is 21.9. The van der Waals surface area contributed by atoms with Crippen molar-refractivity contribution in [2.45, 2.75) is 33.4 Å². The zero-order chi connectivity index (χ0) is 27.4. The average Bonchev–Trinajstić information content (AvgIpc) is 3.58. The van der Waals surface area contributed by atoms with Crippen LogP contribution in [0.15, 0.2) is 86.7 Å². The van der Waals surface area contributed by atoms with Crippen molar-refractivity contribution in [2.75, 3.05) is 13.2 Å². The van der Waals surface area contributed by atoms with E-state index < -0.39 is 12.0 Å². The molecular formula is C30H28N2O6S. The number of thiazole rings is 1. The highest BCUT2D eigenvalue weighted by atomic mass is 32.1. The van der Waals surface area contributed by atoms with Gasteiger partial charge in [-0.25, -0.2) is 9.79 Å². The number of allylic oxidation sites excluding steroid dienone is 1. The van der Waals surface area contributed by atoms with Gasteiger partial charge < -0.3 is 18.6 Å². The Morgan fingerprint density at radius 3 is 2.59 bits per heavy atom. The molecule has 200 valence electrons. The average molecular weight is 545 g/mol. The summed E-state index contributed by atoms with van der Waals surface area (Å²) in [5.74, 6) is 1.19. The molecule has 3 heterocycles. The number of hydrogen-bond acceptors (Lipinski definition) is 8. The first-order chi connectivity index (χ1) is 19.0. The van der Waals surface area contributed by atoms with Crippen LogP contribution in [0.3, 0.4) is 0 Å². The molecule has 0 bridgehead atoms. The van der Waals surface area contributed by atoms with Gasteiger partial charge in [0.2, 0.25) is 0 Å². The van der Waals surface area contributed by atoms with E-state index in [1.807, 2.05) is 55.5 Å². The second-order valence-electron chi connectivity index (χ2n) is 8.71. The highest BCUT2D eigenvalue weighted by molar-refractivity contribution is 7.07. The Morgan fingerprint density at radius 1 is 1.05 bits per heavy atom. The summed E-state index contributed by atoms with van der Waals surface area (Å²) in [5, 5.41) is 0. The third-order valence-corrected chi connectivity index (χ3v) is 7.14. The topological polar surface area (TPSA) is 92.3 Å². The van der Waals surface area contributed by atoms with Crippen LogP contribution in [0.1, 0.15) is 43.7 Å². The van der Waals surface area contributed by atoms with E-state index in [0.29, 0.717) is 45.5 Å². The molecule has 8 nitrogen and oxygen atoms in total. The molecule has 0 saturated heterocycles.